The zero-order valence-electron chi connectivity index (χ0n) is 19.4. The van der Waals surface area contributed by atoms with Gasteiger partial charge in [-0.15, -0.1) is 0 Å². The van der Waals surface area contributed by atoms with E-state index in [4.69, 9.17) is 4.74 Å². The second kappa shape index (κ2) is 9.65. The largest absolute Gasteiger partial charge is 0.484 e. The molecule has 1 amide bonds. The summed E-state index contributed by atoms with van der Waals surface area (Å²) in [6.45, 7) is 9.15. The fourth-order valence-electron chi connectivity index (χ4n) is 4.38. The molecule has 33 heavy (non-hydrogen) atoms. The van der Waals surface area contributed by atoms with Crippen LogP contribution in [-0.4, -0.2) is 48.2 Å². The number of ether oxygens (including phenoxy) is 1. The van der Waals surface area contributed by atoms with Crippen LogP contribution in [0.5, 0.6) is 5.75 Å². The van der Waals surface area contributed by atoms with E-state index in [0.29, 0.717) is 38.5 Å². The average molecular weight is 452 g/mol. The van der Waals surface area contributed by atoms with Gasteiger partial charge in [-0.2, -0.15) is 0 Å². The van der Waals surface area contributed by atoms with Crippen LogP contribution in [0.25, 0.3) is 10.9 Å². The second-order valence-corrected chi connectivity index (χ2v) is 8.65. The van der Waals surface area contributed by atoms with Crippen molar-refractivity contribution in [2.75, 3.05) is 37.7 Å². The van der Waals surface area contributed by atoms with Gasteiger partial charge in [0.2, 0.25) is 0 Å². The summed E-state index contributed by atoms with van der Waals surface area (Å²) in [5.74, 6) is 0.476. The van der Waals surface area contributed by atoms with Crippen molar-refractivity contribution >= 4 is 22.5 Å². The number of aryl methyl sites for hydroxylation is 1. The molecule has 7 heteroatoms. The maximum Gasteiger partial charge on any atom is 0.260 e. The molecule has 0 aliphatic carbocycles. The van der Waals surface area contributed by atoms with E-state index in [2.05, 4.69) is 18.7 Å². The quantitative estimate of drug-likeness (QED) is 0.568. The number of pyridine rings is 1. The summed E-state index contributed by atoms with van der Waals surface area (Å²) < 4.78 is 20.7. The van der Waals surface area contributed by atoms with Crippen LogP contribution >= 0.6 is 0 Å². The number of carbonyl (C=O) groups excluding carboxylic acids is 1. The van der Waals surface area contributed by atoms with Crippen LogP contribution in [-0.2, 0) is 11.3 Å². The van der Waals surface area contributed by atoms with E-state index in [0.717, 1.165) is 22.2 Å². The molecule has 0 unspecified atom stereocenters. The number of carbonyl (C=O) groups is 1. The predicted molar refractivity (Wildman–Crippen MR) is 129 cm³/mol. The van der Waals surface area contributed by atoms with E-state index in [1.807, 2.05) is 25.1 Å². The van der Waals surface area contributed by atoms with Crippen LogP contribution in [0.1, 0.15) is 32.3 Å². The summed E-state index contributed by atoms with van der Waals surface area (Å²) in [6, 6.07) is 13.8. The van der Waals surface area contributed by atoms with Crippen LogP contribution in [0.15, 0.2) is 53.3 Å². The molecule has 2 aromatic carbocycles. The lowest BCUT2D eigenvalue weighted by Crippen LogP contribution is -2.50. The summed E-state index contributed by atoms with van der Waals surface area (Å²) >= 11 is 0. The summed E-state index contributed by atoms with van der Waals surface area (Å²) in [6.07, 6.45) is 0. The number of nitrogens with zero attached hydrogens (tertiary/aromatic N) is 3. The molecule has 0 saturated carbocycles. The van der Waals surface area contributed by atoms with E-state index in [1.165, 1.54) is 12.1 Å². The number of aromatic nitrogens is 1. The topological polar surface area (TPSA) is 54.8 Å². The monoisotopic (exact) mass is 451 g/mol. The molecule has 0 radical (unpaired) electrons. The van der Waals surface area contributed by atoms with Crippen LogP contribution in [0.2, 0.25) is 0 Å². The van der Waals surface area contributed by atoms with E-state index < -0.39 is 0 Å². The van der Waals surface area contributed by atoms with Gasteiger partial charge in [-0.25, -0.2) is 4.39 Å². The van der Waals surface area contributed by atoms with Gasteiger partial charge in [0.1, 0.15) is 11.6 Å². The van der Waals surface area contributed by atoms with Gasteiger partial charge >= 0.3 is 0 Å². The minimum absolute atomic E-state index is 0.0269. The number of piperazine rings is 1. The Labute approximate surface area is 193 Å². The minimum Gasteiger partial charge on any atom is -0.484 e. The Bertz CT molecular complexity index is 1200. The number of rotatable bonds is 6. The lowest BCUT2D eigenvalue weighted by Gasteiger charge is -2.36. The fraction of sp³-hybridized carbons (Fsp3) is 0.385. The van der Waals surface area contributed by atoms with Gasteiger partial charge in [0.15, 0.2) is 6.61 Å². The number of hydrogen-bond donors (Lipinski definition) is 0. The zero-order valence-corrected chi connectivity index (χ0v) is 19.4. The standard InChI is InChI=1S/C26H30FN3O3/c1-4-30-24-15-21(9-10-22(24)23(18(2)3)16-25(30)31)33-17-26(32)29-13-11-28(12-14-29)20-7-5-19(27)6-8-20/h5-10,15-16,18H,4,11-14,17H2,1-3H3. The molecule has 6 nitrogen and oxygen atoms in total. The molecule has 1 aliphatic rings. The Morgan fingerprint density at radius 1 is 1.03 bits per heavy atom. The third-order valence-electron chi connectivity index (χ3n) is 6.24. The van der Waals surface area contributed by atoms with Gasteiger partial charge in [0, 0.05) is 55.9 Å². The van der Waals surface area contributed by atoms with Crippen molar-refractivity contribution in [3.63, 3.8) is 0 Å². The maximum absolute atomic E-state index is 13.1. The molecule has 1 fully saturated rings. The molecule has 0 N–H and O–H groups in total. The van der Waals surface area contributed by atoms with Crippen LogP contribution in [0.4, 0.5) is 10.1 Å². The van der Waals surface area contributed by atoms with Crippen LogP contribution < -0.4 is 15.2 Å². The first-order chi connectivity index (χ1) is 15.9. The summed E-state index contributed by atoms with van der Waals surface area (Å²) in [4.78, 5) is 29.2. The SMILES string of the molecule is CCn1c(=O)cc(C(C)C)c2ccc(OCC(=O)N3CCN(c4ccc(F)cc4)CC3)cc21. The fourth-order valence-corrected chi connectivity index (χ4v) is 4.38. The van der Waals surface area contributed by atoms with Crippen molar-refractivity contribution in [1.82, 2.24) is 9.47 Å². The van der Waals surface area contributed by atoms with Crippen molar-refractivity contribution in [1.29, 1.82) is 0 Å². The number of anilines is 1. The second-order valence-electron chi connectivity index (χ2n) is 8.65. The first kappa shape index (κ1) is 22.8. The molecular formula is C26H30FN3O3. The molecular weight excluding hydrogens is 421 g/mol. The summed E-state index contributed by atoms with van der Waals surface area (Å²) in [5, 5.41) is 1.03. The van der Waals surface area contributed by atoms with E-state index in [1.54, 1.807) is 27.7 Å². The lowest BCUT2D eigenvalue weighted by atomic mass is 9.98. The highest BCUT2D eigenvalue weighted by molar-refractivity contribution is 5.85. The molecule has 2 heterocycles. The van der Waals surface area contributed by atoms with Crippen molar-refractivity contribution < 1.29 is 13.9 Å². The highest BCUT2D eigenvalue weighted by Crippen LogP contribution is 2.27. The minimum atomic E-state index is -0.255. The summed E-state index contributed by atoms with van der Waals surface area (Å²) in [7, 11) is 0. The Hall–Kier alpha value is -3.35. The molecule has 0 bridgehead atoms. The van der Waals surface area contributed by atoms with E-state index in [-0.39, 0.29) is 29.8 Å². The Balaban J connectivity index is 1.41. The highest BCUT2D eigenvalue weighted by Gasteiger charge is 2.22. The molecule has 1 aromatic heterocycles. The number of hydrogen-bond acceptors (Lipinski definition) is 4. The van der Waals surface area contributed by atoms with Gasteiger partial charge in [-0.3, -0.25) is 9.59 Å². The molecule has 1 saturated heterocycles. The van der Waals surface area contributed by atoms with Crippen LogP contribution in [0, 0.1) is 5.82 Å². The van der Waals surface area contributed by atoms with E-state index in [9.17, 15) is 14.0 Å². The van der Waals surface area contributed by atoms with Gasteiger partial charge in [-0.1, -0.05) is 13.8 Å². The summed E-state index contributed by atoms with van der Waals surface area (Å²) in [5.41, 5.74) is 2.77. The van der Waals surface area contributed by atoms with Gasteiger partial charge in [-0.05, 0) is 54.8 Å². The van der Waals surface area contributed by atoms with Crippen molar-refractivity contribution in [2.24, 2.45) is 0 Å². The van der Waals surface area contributed by atoms with Crippen molar-refractivity contribution in [3.8, 4) is 5.75 Å². The molecule has 4 rings (SSSR count). The number of benzene rings is 2. The smallest absolute Gasteiger partial charge is 0.260 e. The molecule has 0 atom stereocenters. The Kier molecular flexibility index (Phi) is 6.67. The third kappa shape index (κ3) is 4.87. The third-order valence-corrected chi connectivity index (χ3v) is 6.24. The van der Waals surface area contributed by atoms with Gasteiger partial charge in [0.05, 0.1) is 5.52 Å². The highest BCUT2D eigenvalue weighted by atomic mass is 19.1. The predicted octanol–water partition coefficient (Wildman–Crippen LogP) is 4.01. The Morgan fingerprint density at radius 3 is 2.36 bits per heavy atom. The maximum atomic E-state index is 13.1. The molecule has 174 valence electrons. The lowest BCUT2D eigenvalue weighted by molar-refractivity contribution is -0.133. The Morgan fingerprint density at radius 2 is 1.73 bits per heavy atom. The molecule has 0 spiro atoms. The van der Waals surface area contributed by atoms with Crippen molar-refractivity contribution in [2.45, 2.75) is 33.2 Å². The molecule has 1 aliphatic heterocycles. The number of fused-ring (bicyclic) bond motifs is 1. The average Bonchev–Trinajstić information content (AvgIpc) is 2.82. The van der Waals surface area contributed by atoms with Gasteiger partial charge < -0.3 is 19.1 Å². The number of halogens is 1. The van der Waals surface area contributed by atoms with Crippen LogP contribution in [0.3, 0.4) is 0 Å². The zero-order chi connectivity index (χ0) is 23.5. The van der Waals surface area contributed by atoms with Gasteiger partial charge in [0.25, 0.3) is 11.5 Å². The van der Waals surface area contributed by atoms with E-state index >= 15 is 0 Å². The first-order valence-corrected chi connectivity index (χ1v) is 11.5. The number of amides is 1. The van der Waals surface area contributed by atoms with Crippen molar-refractivity contribution in [3.05, 3.63) is 70.3 Å². The normalized spacial score (nSPS) is 14.2. The first-order valence-electron chi connectivity index (χ1n) is 11.5. The molecule has 3 aromatic rings.